The summed E-state index contributed by atoms with van der Waals surface area (Å²) in [6.07, 6.45) is 3.18. The largest absolute Gasteiger partial charge is 0.465 e. The molecular formula is C13H16FNO2. The smallest absolute Gasteiger partial charge is 0.337 e. The third-order valence-electron chi connectivity index (χ3n) is 3.11. The van der Waals surface area contributed by atoms with Crippen LogP contribution in [-0.2, 0) is 4.74 Å². The lowest BCUT2D eigenvalue weighted by Gasteiger charge is -2.24. The number of carbonyl (C=O) groups is 1. The van der Waals surface area contributed by atoms with Crippen LogP contribution in [0.25, 0.3) is 0 Å². The zero-order valence-corrected chi connectivity index (χ0v) is 9.83. The molecule has 0 saturated carbocycles. The summed E-state index contributed by atoms with van der Waals surface area (Å²) in [6.45, 7) is 0.920. The van der Waals surface area contributed by atoms with E-state index in [9.17, 15) is 9.18 Å². The van der Waals surface area contributed by atoms with E-state index in [0.717, 1.165) is 25.8 Å². The molecule has 1 aliphatic rings. The quantitative estimate of drug-likeness (QED) is 0.803. The van der Waals surface area contributed by atoms with Gasteiger partial charge in [0.25, 0.3) is 0 Å². The topological polar surface area (TPSA) is 38.3 Å². The predicted molar refractivity (Wildman–Crippen MR) is 62.3 cm³/mol. The van der Waals surface area contributed by atoms with Crippen LogP contribution in [0.4, 0.5) is 4.39 Å². The molecular weight excluding hydrogens is 221 g/mol. The molecule has 1 heterocycles. The van der Waals surface area contributed by atoms with E-state index in [4.69, 9.17) is 0 Å². The van der Waals surface area contributed by atoms with Gasteiger partial charge in [0.15, 0.2) is 0 Å². The number of ether oxygens (including phenoxy) is 1. The Balaban J connectivity index is 2.21. The first-order chi connectivity index (χ1) is 8.22. The normalized spacial score (nSPS) is 20.0. The average Bonchev–Trinajstić information content (AvgIpc) is 2.38. The summed E-state index contributed by atoms with van der Waals surface area (Å²) in [4.78, 5) is 11.2. The number of esters is 1. The summed E-state index contributed by atoms with van der Waals surface area (Å²) in [5.74, 6) is -0.848. The Bertz CT molecular complexity index is 414. The van der Waals surface area contributed by atoms with Crippen LogP contribution in [0.5, 0.6) is 0 Å². The minimum Gasteiger partial charge on any atom is -0.465 e. The molecule has 1 saturated heterocycles. The van der Waals surface area contributed by atoms with Crippen molar-refractivity contribution >= 4 is 5.97 Å². The molecule has 0 aromatic heterocycles. The van der Waals surface area contributed by atoms with E-state index < -0.39 is 5.97 Å². The maximum atomic E-state index is 13.9. The molecule has 3 nitrogen and oxygen atoms in total. The van der Waals surface area contributed by atoms with Crippen molar-refractivity contribution in [2.24, 2.45) is 0 Å². The monoisotopic (exact) mass is 237 g/mol. The highest BCUT2D eigenvalue weighted by Crippen LogP contribution is 2.25. The van der Waals surface area contributed by atoms with Gasteiger partial charge >= 0.3 is 5.97 Å². The van der Waals surface area contributed by atoms with Gasteiger partial charge in [0, 0.05) is 11.6 Å². The van der Waals surface area contributed by atoms with Crippen LogP contribution in [0.15, 0.2) is 18.2 Å². The fourth-order valence-corrected chi connectivity index (χ4v) is 2.17. The van der Waals surface area contributed by atoms with Gasteiger partial charge in [0.05, 0.1) is 12.7 Å². The lowest BCUT2D eigenvalue weighted by atomic mass is 9.96. The first-order valence-electron chi connectivity index (χ1n) is 5.83. The number of benzene rings is 1. The number of carbonyl (C=O) groups excluding carboxylic acids is 1. The summed E-state index contributed by atoms with van der Waals surface area (Å²) < 4.78 is 18.4. The van der Waals surface area contributed by atoms with Crippen molar-refractivity contribution in [2.45, 2.75) is 25.3 Å². The summed E-state index contributed by atoms with van der Waals surface area (Å²) in [6, 6.07) is 4.60. The molecule has 1 N–H and O–H groups in total. The number of nitrogens with one attached hydrogen (secondary N) is 1. The Morgan fingerprint density at radius 1 is 1.47 bits per heavy atom. The van der Waals surface area contributed by atoms with E-state index in [1.165, 1.54) is 13.2 Å². The molecule has 1 atom stereocenters. The highest BCUT2D eigenvalue weighted by Gasteiger charge is 2.19. The van der Waals surface area contributed by atoms with Crippen molar-refractivity contribution in [3.63, 3.8) is 0 Å². The first kappa shape index (κ1) is 12.0. The molecule has 2 rings (SSSR count). The second-order valence-electron chi connectivity index (χ2n) is 4.23. The Morgan fingerprint density at radius 2 is 2.29 bits per heavy atom. The highest BCUT2D eigenvalue weighted by molar-refractivity contribution is 5.89. The average molecular weight is 237 g/mol. The van der Waals surface area contributed by atoms with Crippen LogP contribution in [0.3, 0.4) is 0 Å². The maximum Gasteiger partial charge on any atom is 0.337 e. The third-order valence-corrected chi connectivity index (χ3v) is 3.11. The van der Waals surface area contributed by atoms with E-state index in [1.54, 1.807) is 12.1 Å². The molecule has 1 aliphatic heterocycles. The van der Waals surface area contributed by atoms with Crippen molar-refractivity contribution < 1.29 is 13.9 Å². The van der Waals surface area contributed by atoms with Crippen molar-refractivity contribution in [2.75, 3.05) is 13.7 Å². The van der Waals surface area contributed by atoms with Gasteiger partial charge in [-0.1, -0.05) is 12.5 Å². The van der Waals surface area contributed by atoms with E-state index in [2.05, 4.69) is 10.1 Å². The number of hydrogen-bond donors (Lipinski definition) is 1. The van der Waals surface area contributed by atoms with Crippen LogP contribution >= 0.6 is 0 Å². The molecule has 92 valence electrons. The van der Waals surface area contributed by atoms with Gasteiger partial charge in [-0.15, -0.1) is 0 Å². The maximum absolute atomic E-state index is 13.9. The fraction of sp³-hybridized carbons (Fsp3) is 0.462. The van der Waals surface area contributed by atoms with E-state index in [1.807, 2.05) is 0 Å². The van der Waals surface area contributed by atoms with Crippen LogP contribution < -0.4 is 5.32 Å². The Hall–Kier alpha value is -1.42. The molecule has 0 aliphatic carbocycles. The summed E-state index contributed by atoms with van der Waals surface area (Å²) in [7, 11) is 1.29. The molecule has 0 radical (unpaired) electrons. The molecule has 0 bridgehead atoms. The third kappa shape index (κ3) is 2.64. The molecule has 0 amide bonds. The molecule has 1 aromatic rings. The Morgan fingerprint density at radius 3 is 2.88 bits per heavy atom. The minimum atomic E-state index is -0.507. The molecule has 17 heavy (non-hydrogen) atoms. The molecule has 0 spiro atoms. The van der Waals surface area contributed by atoms with Crippen LogP contribution in [-0.4, -0.2) is 19.6 Å². The zero-order valence-electron chi connectivity index (χ0n) is 9.83. The van der Waals surface area contributed by atoms with Crippen LogP contribution in [0.1, 0.15) is 41.2 Å². The van der Waals surface area contributed by atoms with Crippen molar-refractivity contribution in [3.05, 3.63) is 35.1 Å². The first-order valence-corrected chi connectivity index (χ1v) is 5.83. The number of halogens is 1. The Kier molecular flexibility index (Phi) is 3.74. The van der Waals surface area contributed by atoms with E-state index >= 15 is 0 Å². The summed E-state index contributed by atoms with van der Waals surface area (Å²) in [5.41, 5.74) is 0.891. The van der Waals surface area contributed by atoms with Gasteiger partial charge in [-0.2, -0.15) is 0 Å². The number of rotatable bonds is 2. The molecule has 1 unspecified atom stereocenters. The molecule has 1 aromatic carbocycles. The summed E-state index contributed by atoms with van der Waals surface area (Å²) >= 11 is 0. The molecule has 4 heteroatoms. The minimum absolute atomic E-state index is 0.0652. The van der Waals surface area contributed by atoms with Gasteiger partial charge in [0.1, 0.15) is 5.82 Å². The van der Waals surface area contributed by atoms with Gasteiger partial charge in [-0.25, -0.2) is 9.18 Å². The van der Waals surface area contributed by atoms with Gasteiger partial charge < -0.3 is 10.1 Å². The fourth-order valence-electron chi connectivity index (χ4n) is 2.17. The lowest BCUT2D eigenvalue weighted by Crippen LogP contribution is -2.27. The lowest BCUT2D eigenvalue weighted by molar-refractivity contribution is 0.0600. The van der Waals surface area contributed by atoms with Crippen molar-refractivity contribution in [3.8, 4) is 0 Å². The van der Waals surface area contributed by atoms with Gasteiger partial charge in [0.2, 0.25) is 0 Å². The zero-order chi connectivity index (χ0) is 12.3. The number of piperidine rings is 1. The van der Waals surface area contributed by atoms with Crippen molar-refractivity contribution in [1.29, 1.82) is 0 Å². The highest BCUT2D eigenvalue weighted by atomic mass is 19.1. The standard InChI is InChI=1S/C13H16FNO2/c1-17-13(16)9-5-6-10(11(14)8-9)12-4-2-3-7-15-12/h5-6,8,12,15H,2-4,7H2,1H3. The second kappa shape index (κ2) is 5.27. The SMILES string of the molecule is COC(=O)c1ccc(C2CCCCN2)c(F)c1. The van der Waals surface area contributed by atoms with Crippen LogP contribution in [0.2, 0.25) is 0 Å². The van der Waals surface area contributed by atoms with Crippen LogP contribution in [0, 0.1) is 5.82 Å². The predicted octanol–water partition coefficient (Wildman–Crippen LogP) is 2.43. The Labute approximate surface area is 100.0 Å². The van der Waals surface area contributed by atoms with Gasteiger partial charge in [-0.3, -0.25) is 0 Å². The van der Waals surface area contributed by atoms with E-state index in [0.29, 0.717) is 5.56 Å². The van der Waals surface area contributed by atoms with Gasteiger partial charge in [-0.05, 0) is 31.5 Å². The second-order valence-corrected chi connectivity index (χ2v) is 4.23. The summed E-state index contributed by atoms with van der Waals surface area (Å²) in [5, 5.41) is 3.28. The number of methoxy groups -OCH3 is 1. The molecule has 1 fully saturated rings. The van der Waals surface area contributed by atoms with E-state index in [-0.39, 0.29) is 17.4 Å². The van der Waals surface area contributed by atoms with Crippen molar-refractivity contribution in [1.82, 2.24) is 5.32 Å². The number of hydrogen-bond acceptors (Lipinski definition) is 3.